The van der Waals surface area contributed by atoms with Crippen LogP contribution in [0.4, 0.5) is 13.2 Å². The second-order valence-corrected chi connectivity index (χ2v) is 7.82. The number of hydrogen-bond donors (Lipinski definition) is 2. The number of carbonyl (C=O) groups excluding carboxylic acids is 1. The van der Waals surface area contributed by atoms with Crippen LogP contribution in [-0.2, 0) is 13.2 Å². The van der Waals surface area contributed by atoms with E-state index >= 15 is 0 Å². The number of alkyl halides is 3. The number of carbonyl (C=O) groups is 1. The Bertz CT molecular complexity index is 1530. The maximum absolute atomic E-state index is 13.0. The summed E-state index contributed by atoms with van der Waals surface area (Å²) in [6.07, 6.45) is -1.85. The van der Waals surface area contributed by atoms with Gasteiger partial charge in [0.1, 0.15) is 11.2 Å². The van der Waals surface area contributed by atoms with E-state index in [1.807, 2.05) is 0 Å². The maximum Gasteiger partial charge on any atom is 0.433 e. The van der Waals surface area contributed by atoms with Gasteiger partial charge < -0.3 is 10.4 Å². The van der Waals surface area contributed by atoms with E-state index in [1.54, 1.807) is 54.2 Å². The summed E-state index contributed by atoms with van der Waals surface area (Å²) in [5.74, 6) is -0.433. The molecule has 0 aliphatic heterocycles. The molecule has 1 atom stereocenters. The molecule has 4 aromatic heterocycles. The molecule has 12 heteroatoms. The number of aliphatic hydroxyl groups is 1. The van der Waals surface area contributed by atoms with Gasteiger partial charge in [-0.2, -0.15) is 13.2 Å². The van der Waals surface area contributed by atoms with Gasteiger partial charge in [-0.3, -0.25) is 14.3 Å². The Balaban J connectivity index is 1.56. The van der Waals surface area contributed by atoms with E-state index in [1.165, 1.54) is 10.7 Å². The van der Waals surface area contributed by atoms with Gasteiger partial charge in [0.15, 0.2) is 5.65 Å². The lowest BCUT2D eigenvalue weighted by atomic mass is 10.1. The predicted molar refractivity (Wildman–Crippen MR) is 120 cm³/mol. The molecule has 2 N–H and O–H groups in total. The van der Waals surface area contributed by atoms with Crippen LogP contribution in [0.1, 0.15) is 27.8 Å². The Kier molecular flexibility index (Phi) is 5.44. The molecule has 0 aliphatic carbocycles. The van der Waals surface area contributed by atoms with Crippen molar-refractivity contribution < 1.29 is 23.1 Å². The van der Waals surface area contributed by atoms with Gasteiger partial charge in [-0.1, -0.05) is 11.3 Å². The summed E-state index contributed by atoms with van der Waals surface area (Å²) in [6, 6.07) is 11.6. The largest absolute Gasteiger partial charge is 0.433 e. The smallest absolute Gasteiger partial charge is 0.394 e. The van der Waals surface area contributed by atoms with Crippen molar-refractivity contribution in [3.63, 3.8) is 0 Å². The van der Waals surface area contributed by atoms with E-state index in [9.17, 15) is 23.1 Å². The molecule has 0 spiro atoms. The summed E-state index contributed by atoms with van der Waals surface area (Å²) in [5.41, 5.74) is 1.82. The van der Waals surface area contributed by atoms with Gasteiger partial charge >= 0.3 is 6.18 Å². The van der Waals surface area contributed by atoms with Crippen LogP contribution in [-0.4, -0.2) is 47.1 Å². The summed E-state index contributed by atoms with van der Waals surface area (Å²) in [7, 11) is 1.66. The van der Waals surface area contributed by atoms with Crippen molar-refractivity contribution in [3.05, 3.63) is 77.9 Å². The molecule has 9 nitrogen and oxygen atoms in total. The van der Waals surface area contributed by atoms with E-state index in [0.29, 0.717) is 39.0 Å². The van der Waals surface area contributed by atoms with Crippen molar-refractivity contribution in [1.29, 1.82) is 0 Å². The minimum atomic E-state index is -4.55. The number of rotatable bonds is 5. The zero-order valence-electron chi connectivity index (χ0n) is 18.2. The van der Waals surface area contributed by atoms with Gasteiger partial charge in [-0.25, -0.2) is 9.67 Å². The number of aromatic nitrogens is 6. The summed E-state index contributed by atoms with van der Waals surface area (Å²) in [6.45, 7) is -0.337. The number of pyridine rings is 2. The number of aryl methyl sites for hydroxylation is 1. The first kappa shape index (κ1) is 22.5. The Labute approximate surface area is 195 Å². The number of hydrogen-bond acceptors (Lipinski definition) is 6. The number of amides is 1. The highest BCUT2D eigenvalue weighted by Gasteiger charge is 2.32. The van der Waals surface area contributed by atoms with Gasteiger partial charge in [0, 0.05) is 24.2 Å². The predicted octanol–water partition coefficient (Wildman–Crippen LogP) is 3.18. The highest BCUT2D eigenvalue weighted by molar-refractivity contribution is 6.09. The SMILES string of the molecule is Cn1nnc2c3cc(C(=O)NC(CO)c4ccccn4)ccc3n(-c3ccc(C(F)(F)F)nc3)c21. The zero-order valence-corrected chi connectivity index (χ0v) is 18.2. The topological polar surface area (TPSA) is 111 Å². The van der Waals surface area contributed by atoms with Gasteiger partial charge in [0.2, 0.25) is 0 Å². The van der Waals surface area contributed by atoms with Crippen LogP contribution in [0.2, 0.25) is 0 Å². The van der Waals surface area contributed by atoms with E-state index < -0.39 is 23.8 Å². The summed E-state index contributed by atoms with van der Waals surface area (Å²) in [5, 5.41) is 21.3. The quantitative estimate of drug-likeness (QED) is 0.399. The van der Waals surface area contributed by atoms with Crippen LogP contribution >= 0.6 is 0 Å². The molecule has 0 bridgehead atoms. The van der Waals surface area contributed by atoms with Crippen LogP contribution in [0, 0.1) is 0 Å². The second kappa shape index (κ2) is 8.47. The van der Waals surface area contributed by atoms with Crippen molar-refractivity contribution >= 4 is 28.0 Å². The zero-order chi connectivity index (χ0) is 24.7. The van der Waals surface area contributed by atoms with Gasteiger partial charge in [0.25, 0.3) is 5.91 Å². The molecule has 35 heavy (non-hydrogen) atoms. The molecule has 0 saturated heterocycles. The van der Waals surface area contributed by atoms with Crippen LogP contribution in [0.15, 0.2) is 60.9 Å². The second-order valence-electron chi connectivity index (χ2n) is 7.82. The standard InChI is InChI=1S/C23H18F3N7O2/c1-32-22-20(30-31-32)15-10-13(21(35)29-17(12-34)16-4-2-3-9-27-16)5-7-18(15)33(22)14-6-8-19(28-11-14)23(24,25)26/h2-11,17,34H,12H2,1H3,(H,29,35). The van der Waals surface area contributed by atoms with Crippen molar-refractivity contribution in [1.82, 2.24) is 34.8 Å². The van der Waals surface area contributed by atoms with E-state index in [4.69, 9.17) is 0 Å². The fourth-order valence-corrected chi connectivity index (χ4v) is 3.94. The molecule has 0 fully saturated rings. The molecule has 0 saturated carbocycles. The lowest BCUT2D eigenvalue weighted by Crippen LogP contribution is -2.31. The lowest BCUT2D eigenvalue weighted by Gasteiger charge is -2.16. The molecule has 5 aromatic rings. The van der Waals surface area contributed by atoms with Crippen LogP contribution in [0.25, 0.3) is 27.8 Å². The van der Waals surface area contributed by atoms with Gasteiger partial charge in [-0.15, -0.1) is 5.10 Å². The number of fused-ring (bicyclic) bond motifs is 3. The molecular weight excluding hydrogens is 463 g/mol. The minimum absolute atomic E-state index is 0.308. The van der Waals surface area contributed by atoms with E-state index in [-0.39, 0.29) is 6.61 Å². The number of benzene rings is 1. The summed E-state index contributed by atoms with van der Waals surface area (Å²) < 4.78 is 42.1. The van der Waals surface area contributed by atoms with Crippen molar-refractivity contribution in [3.8, 4) is 5.69 Å². The normalized spacial score (nSPS) is 12.8. The molecule has 178 valence electrons. The third-order valence-corrected chi connectivity index (χ3v) is 5.59. The van der Waals surface area contributed by atoms with Gasteiger partial charge in [-0.05, 0) is 42.5 Å². The lowest BCUT2D eigenvalue weighted by molar-refractivity contribution is -0.141. The van der Waals surface area contributed by atoms with Crippen LogP contribution in [0.5, 0.6) is 0 Å². The molecule has 0 aliphatic rings. The average molecular weight is 481 g/mol. The number of aliphatic hydroxyl groups excluding tert-OH is 1. The Morgan fingerprint density at radius 1 is 1.14 bits per heavy atom. The van der Waals surface area contributed by atoms with E-state index in [0.717, 1.165) is 12.3 Å². The molecular formula is C23H18F3N7O2. The molecule has 1 unspecified atom stereocenters. The molecule has 1 aromatic carbocycles. The highest BCUT2D eigenvalue weighted by Crippen LogP contribution is 2.32. The van der Waals surface area contributed by atoms with Gasteiger partial charge in [0.05, 0.1) is 35.7 Å². The molecule has 1 amide bonds. The molecule has 4 heterocycles. The Morgan fingerprint density at radius 3 is 2.63 bits per heavy atom. The highest BCUT2D eigenvalue weighted by atomic mass is 19.4. The Hall–Kier alpha value is -4.32. The van der Waals surface area contributed by atoms with E-state index in [2.05, 4.69) is 25.6 Å². The molecule has 5 rings (SSSR count). The Morgan fingerprint density at radius 2 is 1.97 bits per heavy atom. The first-order chi connectivity index (χ1) is 16.8. The third-order valence-electron chi connectivity index (χ3n) is 5.59. The minimum Gasteiger partial charge on any atom is -0.394 e. The first-order valence-corrected chi connectivity index (χ1v) is 10.5. The maximum atomic E-state index is 13.0. The van der Waals surface area contributed by atoms with Crippen LogP contribution < -0.4 is 5.32 Å². The van der Waals surface area contributed by atoms with Crippen molar-refractivity contribution in [2.24, 2.45) is 7.05 Å². The molecule has 0 radical (unpaired) electrons. The number of halogens is 3. The van der Waals surface area contributed by atoms with Crippen molar-refractivity contribution in [2.45, 2.75) is 12.2 Å². The number of nitrogens with zero attached hydrogens (tertiary/aromatic N) is 6. The summed E-state index contributed by atoms with van der Waals surface area (Å²) in [4.78, 5) is 20.7. The summed E-state index contributed by atoms with van der Waals surface area (Å²) >= 11 is 0. The van der Waals surface area contributed by atoms with Crippen LogP contribution in [0.3, 0.4) is 0 Å². The van der Waals surface area contributed by atoms with Crippen molar-refractivity contribution in [2.75, 3.05) is 6.61 Å². The fourth-order valence-electron chi connectivity index (χ4n) is 3.94. The third kappa shape index (κ3) is 3.97. The first-order valence-electron chi connectivity index (χ1n) is 10.5. The number of nitrogens with one attached hydrogen (secondary N) is 1. The average Bonchev–Trinajstić information content (AvgIpc) is 3.39. The fraction of sp³-hybridized carbons (Fsp3) is 0.174. The monoisotopic (exact) mass is 481 g/mol.